The number of carbonyl (C=O) groups is 1. The SMILES string of the molecule is C=NC(=NC(c1ccc(F)cc1)c1ccc(F)cc1)N/C=C(\C)C(=O)NO. The van der Waals surface area contributed by atoms with Gasteiger partial charge in [0, 0.05) is 11.8 Å². The van der Waals surface area contributed by atoms with Crippen LogP contribution in [0.1, 0.15) is 24.1 Å². The van der Waals surface area contributed by atoms with Crippen molar-refractivity contribution in [2.45, 2.75) is 13.0 Å². The van der Waals surface area contributed by atoms with Gasteiger partial charge < -0.3 is 5.32 Å². The van der Waals surface area contributed by atoms with Gasteiger partial charge in [-0.05, 0) is 49.0 Å². The van der Waals surface area contributed by atoms with Crippen LogP contribution in [0.25, 0.3) is 0 Å². The van der Waals surface area contributed by atoms with E-state index in [1.165, 1.54) is 42.9 Å². The topological polar surface area (TPSA) is 86.1 Å². The van der Waals surface area contributed by atoms with Gasteiger partial charge in [-0.2, -0.15) is 0 Å². The third-order valence-electron chi connectivity index (χ3n) is 3.65. The summed E-state index contributed by atoms with van der Waals surface area (Å²) in [5.74, 6) is -1.40. The second-order valence-electron chi connectivity index (χ2n) is 5.53. The van der Waals surface area contributed by atoms with E-state index in [0.717, 1.165) is 0 Å². The fourth-order valence-electron chi connectivity index (χ4n) is 2.20. The molecule has 0 saturated carbocycles. The highest BCUT2D eigenvalue weighted by molar-refractivity contribution is 5.93. The summed E-state index contributed by atoms with van der Waals surface area (Å²) in [6.45, 7) is 4.90. The van der Waals surface area contributed by atoms with Gasteiger partial charge in [0.1, 0.15) is 17.7 Å². The molecule has 0 aromatic heterocycles. The second kappa shape index (κ2) is 9.35. The zero-order valence-corrected chi connectivity index (χ0v) is 14.5. The minimum Gasteiger partial charge on any atom is -0.331 e. The quantitative estimate of drug-likeness (QED) is 0.248. The fourth-order valence-corrected chi connectivity index (χ4v) is 2.20. The Balaban J connectivity index is 2.40. The summed E-state index contributed by atoms with van der Waals surface area (Å²) in [4.78, 5) is 19.5. The number of benzene rings is 2. The predicted octanol–water partition coefficient (Wildman–Crippen LogP) is 3.11. The number of nitrogens with one attached hydrogen (secondary N) is 2. The molecule has 140 valence electrons. The van der Waals surface area contributed by atoms with Crippen LogP contribution in [0.3, 0.4) is 0 Å². The number of guanidine groups is 1. The molecule has 2 aromatic carbocycles. The lowest BCUT2D eigenvalue weighted by Gasteiger charge is -2.15. The molecule has 0 aliphatic heterocycles. The van der Waals surface area contributed by atoms with Crippen molar-refractivity contribution in [1.29, 1.82) is 0 Å². The molecule has 0 saturated heterocycles. The van der Waals surface area contributed by atoms with E-state index < -0.39 is 23.6 Å². The van der Waals surface area contributed by atoms with Gasteiger partial charge in [-0.25, -0.2) is 24.2 Å². The highest BCUT2D eigenvalue weighted by atomic mass is 19.1. The number of aliphatic imine (C=N–C) groups is 2. The Morgan fingerprint density at radius 1 is 1.07 bits per heavy atom. The van der Waals surface area contributed by atoms with Gasteiger partial charge in [0.15, 0.2) is 0 Å². The van der Waals surface area contributed by atoms with Crippen LogP contribution in [-0.4, -0.2) is 23.8 Å². The van der Waals surface area contributed by atoms with Crippen LogP contribution in [0.5, 0.6) is 0 Å². The molecule has 0 radical (unpaired) electrons. The molecule has 0 unspecified atom stereocenters. The number of nitrogens with zero attached hydrogens (tertiary/aromatic N) is 2. The molecule has 3 N–H and O–H groups in total. The van der Waals surface area contributed by atoms with Gasteiger partial charge in [0.25, 0.3) is 5.91 Å². The summed E-state index contributed by atoms with van der Waals surface area (Å²) in [5.41, 5.74) is 2.99. The lowest BCUT2D eigenvalue weighted by atomic mass is 9.99. The molecule has 0 aliphatic carbocycles. The number of hydrogen-bond acceptors (Lipinski definition) is 3. The summed E-state index contributed by atoms with van der Waals surface area (Å²) >= 11 is 0. The maximum absolute atomic E-state index is 13.3. The van der Waals surface area contributed by atoms with Crippen molar-refractivity contribution in [3.05, 3.63) is 83.1 Å². The van der Waals surface area contributed by atoms with Crippen molar-refractivity contribution >= 4 is 18.6 Å². The molecule has 0 heterocycles. The number of hydrogen-bond donors (Lipinski definition) is 3. The monoisotopic (exact) mass is 372 g/mol. The Bertz CT molecular complexity index is 817. The summed E-state index contributed by atoms with van der Waals surface area (Å²) in [6.07, 6.45) is 1.30. The second-order valence-corrected chi connectivity index (χ2v) is 5.53. The highest BCUT2D eigenvalue weighted by Crippen LogP contribution is 2.26. The first-order chi connectivity index (χ1) is 12.9. The van der Waals surface area contributed by atoms with Crippen molar-refractivity contribution in [3.63, 3.8) is 0 Å². The minimum atomic E-state index is -0.695. The molecular formula is C19H18F2N4O2. The normalized spacial score (nSPS) is 12.0. The first-order valence-electron chi connectivity index (χ1n) is 7.87. The van der Waals surface area contributed by atoms with E-state index in [1.54, 1.807) is 24.3 Å². The first-order valence-corrected chi connectivity index (χ1v) is 7.87. The van der Waals surface area contributed by atoms with Crippen molar-refractivity contribution in [3.8, 4) is 0 Å². The maximum Gasteiger partial charge on any atom is 0.271 e. The molecule has 2 rings (SSSR count). The summed E-state index contributed by atoms with van der Waals surface area (Å²) in [7, 11) is 0. The molecule has 27 heavy (non-hydrogen) atoms. The van der Waals surface area contributed by atoms with Gasteiger partial charge in [0.2, 0.25) is 5.96 Å². The van der Waals surface area contributed by atoms with E-state index in [9.17, 15) is 13.6 Å². The highest BCUT2D eigenvalue weighted by Gasteiger charge is 2.15. The number of halogens is 2. The van der Waals surface area contributed by atoms with Crippen LogP contribution in [0, 0.1) is 11.6 Å². The van der Waals surface area contributed by atoms with Crippen LogP contribution in [-0.2, 0) is 4.79 Å². The molecule has 2 aromatic rings. The van der Waals surface area contributed by atoms with Crippen LogP contribution in [0.4, 0.5) is 8.78 Å². The molecule has 0 aliphatic rings. The van der Waals surface area contributed by atoms with E-state index in [2.05, 4.69) is 22.0 Å². The lowest BCUT2D eigenvalue weighted by Crippen LogP contribution is -2.23. The zero-order valence-electron chi connectivity index (χ0n) is 14.5. The lowest BCUT2D eigenvalue weighted by molar-refractivity contribution is -0.125. The molecular weight excluding hydrogens is 354 g/mol. The number of carbonyl (C=O) groups excluding carboxylic acids is 1. The van der Waals surface area contributed by atoms with Crippen molar-refractivity contribution < 1.29 is 18.8 Å². The van der Waals surface area contributed by atoms with Crippen molar-refractivity contribution in [2.75, 3.05) is 0 Å². The third kappa shape index (κ3) is 5.55. The minimum absolute atomic E-state index is 0.0822. The largest absolute Gasteiger partial charge is 0.331 e. The van der Waals surface area contributed by atoms with E-state index in [4.69, 9.17) is 5.21 Å². The first kappa shape index (κ1) is 19.9. The summed E-state index contributed by atoms with van der Waals surface area (Å²) < 4.78 is 26.5. The zero-order chi connectivity index (χ0) is 19.8. The predicted molar refractivity (Wildman–Crippen MR) is 98.4 cm³/mol. The summed E-state index contributed by atoms with van der Waals surface area (Å²) in [6, 6.07) is 10.8. The molecule has 1 amide bonds. The van der Waals surface area contributed by atoms with Gasteiger partial charge >= 0.3 is 0 Å². The Morgan fingerprint density at radius 3 is 1.96 bits per heavy atom. The molecule has 0 fully saturated rings. The van der Waals surface area contributed by atoms with E-state index in [1.807, 2.05) is 0 Å². The average Bonchev–Trinajstić information content (AvgIpc) is 2.69. The van der Waals surface area contributed by atoms with E-state index in [-0.39, 0.29) is 11.5 Å². The van der Waals surface area contributed by atoms with Gasteiger partial charge in [-0.15, -0.1) is 0 Å². The van der Waals surface area contributed by atoms with Gasteiger partial charge in [-0.1, -0.05) is 24.3 Å². The maximum atomic E-state index is 13.3. The van der Waals surface area contributed by atoms with E-state index in [0.29, 0.717) is 11.1 Å². The van der Waals surface area contributed by atoms with E-state index >= 15 is 0 Å². The van der Waals surface area contributed by atoms with Crippen molar-refractivity contribution in [2.24, 2.45) is 9.98 Å². The fraction of sp³-hybridized carbons (Fsp3) is 0.105. The standard InChI is InChI=1S/C19H18F2N4O2/c1-12(18(26)25-27)11-23-19(22-2)24-17(13-3-7-15(20)8-4-13)14-5-9-16(21)10-6-14/h3-11,17,27H,2H2,1H3,(H,23,24)(H,25,26)/b12-11+. The Labute approximate surface area is 154 Å². The Kier molecular flexibility index (Phi) is 6.90. The molecule has 0 bridgehead atoms. The van der Waals surface area contributed by atoms with Crippen LogP contribution in [0.15, 0.2) is 70.3 Å². The van der Waals surface area contributed by atoms with Gasteiger partial charge in [-0.3, -0.25) is 10.0 Å². The summed E-state index contributed by atoms with van der Waals surface area (Å²) in [5, 5.41) is 11.3. The number of amides is 1. The number of hydroxylamine groups is 1. The van der Waals surface area contributed by atoms with Gasteiger partial charge in [0.05, 0.1) is 0 Å². The molecule has 0 atom stereocenters. The average molecular weight is 372 g/mol. The molecule has 6 nitrogen and oxygen atoms in total. The van der Waals surface area contributed by atoms with Crippen LogP contribution >= 0.6 is 0 Å². The Hall–Kier alpha value is -3.39. The number of rotatable bonds is 5. The van der Waals surface area contributed by atoms with Crippen LogP contribution < -0.4 is 10.8 Å². The van der Waals surface area contributed by atoms with Crippen LogP contribution in [0.2, 0.25) is 0 Å². The molecule has 0 spiro atoms. The smallest absolute Gasteiger partial charge is 0.271 e. The van der Waals surface area contributed by atoms with Crippen molar-refractivity contribution in [1.82, 2.24) is 10.8 Å². The molecule has 8 heteroatoms. The third-order valence-corrected chi connectivity index (χ3v) is 3.65. The Morgan fingerprint density at radius 2 is 1.56 bits per heavy atom.